The van der Waals surface area contributed by atoms with Gasteiger partial charge in [-0.1, -0.05) is 12.8 Å². The van der Waals surface area contributed by atoms with E-state index in [2.05, 4.69) is 4.90 Å². The SMILES string of the molecule is COC1(N2CCCC2)C2CCCCC21. The van der Waals surface area contributed by atoms with Crippen molar-refractivity contribution in [3.8, 4) is 0 Å². The van der Waals surface area contributed by atoms with E-state index in [0.29, 0.717) is 0 Å². The predicted molar refractivity (Wildman–Crippen MR) is 56.0 cm³/mol. The predicted octanol–water partition coefficient (Wildman–Crippen LogP) is 2.24. The maximum Gasteiger partial charge on any atom is 0.127 e. The molecule has 2 aliphatic carbocycles. The number of hydrogen-bond donors (Lipinski definition) is 0. The molecule has 0 bridgehead atoms. The first-order chi connectivity index (χ1) is 6.89. The normalized spacial score (nSPS) is 47.8. The van der Waals surface area contributed by atoms with Gasteiger partial charge in [0.05, 0.1) is 0 Å². The minimum absolute atomic E-state index is 0.201. The van der Waals surface area contributed by atoms with Gasteiger partial charge in [-0.05, 0) is 25.7 Å². The lowest BCUT2D eigenvalue weighted by atomic mass is 10.0. The molecule has 1 aliphatic heterocycles. The average molecular weight is 195 g/mol. The minimum Gasteiger partial charge on any atom is -0.363 e. The lowest BCUT2D eigenvalue weighted by molar-refractivity contribution is -0.0667. The molecule has 2 saturated carbocycles. The maximum absolute atomic E-state index is 5.91. The highest BCUT2D eigenvalue weighted by Crippen LogP contribution is 2.62. The van der Waals surface area contributed by atoms with E-state index in [0.717, 1.165) is 11.8 Å². The second-order valence-corrected chi connectivity index (χ2v) is 5.15. The quantitative estimate of drug-likeness (QED) is 0.670. The molecule has 2 nitrogen and oxygen atoms in total. The number of rotatable bonds is 2. The molecule has 0 N–H and O–H groups in total. The molecule has 0 aromatic rings. The van der Waals surface area contributed by atoms with E-state index in [-0.39, 0.29) is 5.72 Å². The van der Waals surface area contributed by atoms with Gasteiger partial charge >= 0.3 is 0 Å². The van der Waals surface area contributed by atoms with Crippen LogP contribution in [0, 0.1) is 11.8 Å². The van der Waals surface area contributed by atoms with Gasteiger partial charge in [-0.15, -0.1) is 0 Å². The van der Waals surface area contributed by atoms with Crippen LogP contribution in [0.3, 0.4) is 0 Å². The molecular formula is C12H21NO. The molecule has 1 saturated heterocycles. The van der Waals surface area contributed by atoms with Crippen LogP contribution in [0.1, 0.15) is 38.5 Å². The van der Waals surface area contributed by atoms with Gasteiger partial charge in [-0.3, -0.25) is 4.90 Å². The minimum atomic E-state index is 0.201. The molecule has 3 rings (SSSR count). The molecule has 0 aromatic heterocycles. The summed E-state index contributed by atoms with van der Waals surface area (Å²) >= 11 is 0. The first-order valence-electron chi connectivity index (χ1n) is 6.20. The number of fused-ring (bicyclic) bond motifs is 1. The highest BCUT2D eigenvalue weighted by molar-refractivity contribution is 5.14. The molecular weight excluding hydrogens is 174 g/mol. The van der Waals surface area contributed by atoms with Crippen LogP contribution in [0.2, 0.25) is 0 Å². The Morgan fingerprint density at radius 1 is 1.00 bits per heavy atom. The van der Waals surface area contributed by atoms with Crippen molar-refractivity contribution in [2.24, 2.45) is 11.8 Å². The van der Waals surface area contributed by atoms with E-state index in [4.69, 9.17) is 4.74 Å². The Balaban J connectivity index is 1.79. The molecule has 0 aromatic carbocycles. The van der Waals surface area contributed by atoms with E-state index >= 15 is 0 Å². The summed E-state index contributed by atoms with van der Waals surface area (Å²) in [4.78, 5) is 2.63. The highest BCUT2D eigenvalue weighted by Gasteiger charge is 2.68. The summed E-state index contributed by atoms with van der Waals surface area (Å²) in [5.74, 6) is 1.75. The number of nitrogens with zero attached hydrogens (tertiary/aromatic N) is 1. The summed E-state index contributed by atoms with van der Waals surface area (Å²) in [6.45, 7) is 2.56. The molecule has 1 heterocycles. The highest BCUT2D eigenvalue weighted by atomic mass is 16.5. The lowest BCUT2D eigenvalue weighted by Gasteiger charge is -2.28. The van der Waals surface area contributed by atoms with Crippen LogP contribution in [0.5, 0.6) is 0 Å². The number of hydrogen-bond acceptors (Lipinski definition) is 2. The Kier molecular flexibility index (Phi) is 2.10. The Labute approximate surface area is 86.6 Å². The van der Waals surface area contributed by atoms with Crippen LogP contribution < -0.4 is 0 Å². The summed E-state index contributed by atoms with van der Waals surface area (Å²) < 4.78 is 5.91. The van der Waals surface area contributed by atoms with E-state index in [1.165, 1.54) is 51.6 Å². The molecule has 0 radical (unpaired) electrons. The van der Waals surface area contributed by atoms with Crippen LogP contribution in [0.15, 0.2) is 0 Å². The van der Waals surface area contributed by atoms with Crippen LogP contribution >= 0.6 is 0 Å². The molecule has 3 fully saturated rings. The van der Waals surface area contributed by atoms with Gasteiger partial charge in [0.2, 0.25) is 0 Å². The third kappa shape index (κ3) is 1.04. The van der Waals surface area contributed by atoms with Crippen molar-refractivity contribution in [2.75, 3.05) is 20.2 Å². The zero-order valence-electron chi connectivity index (χ0n) is 9.17. The van der Waals surface area contributed by atoms with Gasteiger partial charge in [-0.25, -0.2) is 0 Å². The van der Waals surface area contributed by atoms with Crippen molar-refractivity contribution < 1.29 is 4.74 Å². The molecule has 2 unspecified atom stereocenters. The van der Waals surface area contributed by atoms with Crippen molar-refractivity contribution >= 4 is 0 Å². The zero-order valence-corrected chi connectivity index (χ0v) is 9.17. The second-order valence-electron chi connectivity index (χ2n) is 5.15. The van der Waals surface area contributed by atoms with Gasteiger partial charge in [0.15, 0.2) is 0 Å². The topological polar surface area (TPSA) is 12.5 Å². The van der Waals surface area contributed by atoms with Gasteiger partial charge in [-0.2, -0.15) is 0 Å². The lowest BCUT2D eigenvalue weighted by Crippen LogP contribution is -2.39. The molecule has 0 amide bonds. The van der Waals surface area contributed by atoms with Crippen molar-refractivity contribution in [3.05, 3.63) is 0 Å². The summed E-state index contributed by atoms with van der Waals surface area (Å²) in [7, 11) is 1.93. The van der Waals surface area contributed by atoms with Crippen molar-refractivity contribution in [1.82, 2.24) is 4.90 Å². The fourth-order valence-electron chi connectivity index (χ4n) is 4.00. The monoisotopic (exact) mass is 195 g/mol. The maximum atomic E-state index is 5.91. The molecule has 14 heavy (non-hydrogen) atoms. The molecule has 2 atom stereocenters. The Bertz CT molecular complexity index is 210. The van der Waals surface area contributed by atoms with Crippen molar-refractivity contribution in [1.29, 1.82) is 0 Å². The molecule has 3 aliphatic rings. The Hall–Kier alpha value is -0.0800. The standard InChI is InChI=1S/C12H21NO/c1-14-12(13-8-4-5-9-13)10-6-2-3-7-11(10)12/h10-11H,2-9H2,1H3. The molecule has 0 spiro atoms. The fraction of sp³-hybridized carbons (Fsp3) is 1.00. The number of methoxy groups -OCH3 is 1. The summed E-state index contributed by atoms with van der Waals surface area (Å²) in [6.07, 6.45) is 8.44. The van der Waals surface area contributed by atoms with Gasteiger partial charge in [0.25, 0.3) is 0 Å². The van der Waals surface area contributed by atoms with Crippen molar-refractivity contribution in [3.63, 3.8) is 0 Å². The van der Waals surface area contributed by atoms with Crippen molar-refractivity contribution in [2.45, 2.75) is 44.2 Å². The van der Waals surface area contributed by atoms with Gasteiger partial charge in [0.1, 0.15) is 5.72 Å². The van der Waals surface area contributed by atoms with E-state index in [1.807, 2.05) is 7.11 Å². The van der Waals surface area contributed by atoms with Crippen LogP contribution in [-0.4, -0.2) is 30.8 Å². The van der Waals surface area contributed by atoms with E-state index < -0.39 is 0 Å². The first-order valence-corrected chi connectivity index (χ1v) is 6.20. The van der Waals surface area contributed by atoms with Crippen LogP contribution in [0.25, 0.3) is 0 Å². The number of ether oxygens (including phenoxy) is 1. The van der Waals surface area contributed by atoms with Crippen LogP contribution in [0.4, 0.5) is 0 Å². The van der Waals surface area contributed by atoms with Crippen LogP contribution in [-0.2, 0) is 4.74 Å². The average Bonchev–Trinajstić information content (AvgIpc) is 2.62. The first kappa shape index (κ1) is 9.17. The van der Waals surface area contributed by atoms with Gasteiger partial charge < -0.3 is 4.74 Å². The summed E-state index contributed by atoms with van der Waals surface area (Å²) in [5.41, 5.74) is 0.201. The third-order valence-electron chi connectivity index (χ3n) is 4.65. The smallest absolute Gasteiger partial charge is 0.127 e. The summed E-state index contributed by atoms with van der Waals surface area (Å²) in [5, 5.41) is 0. The fourth-order valence-corrected chi connectivity index (χ4v) is 4.00. The Morgan fingerprint density at radius 2 is 1.57 bits per heavy atom. The second kappa shape index (κ2) is 3.21. The summed E-state index contributed by atoms with van der Waals surface area (Å²) in [6, 6.07) is 0. The zero-order chi connectivity index (χ0) is 9.60. The largest absolute Gasteiger partial charge is 0.363 e. The Morgan fingerprint density at radius 3 is 2.07 bits per heavy atom. The third-order valence-corrected chi connectivity index (χ3v) is 4.65. The molecule has 80 valence electrons. The van der Waals surface area contributed by atoms with Gasteiger partial charge in [0, 0.05) is 32.0 Å². The van der Waals surface area contributed by atoms with E-state index in [9.17, 15) is 0 Å². The number of likely N-dealkylation sites (tertiary alicyclic amines) is 1. The molecule has 2 heteroatoms. The van der Waals surface area contributed by atoms with E-state index in [1.54, 1.807) is 0 Å².